The summed E-state index contributed by atoms with van der Waals surface area (Å²) in [6.45, 7) is 3.45. The number of hydrogen-bond donors (Lipinski definition) is 1. The van der Waals surface area contributed by atoms with Gasteiger partial charge in [-0.05, 0) is 43.7 Å². The van der Waals surface area contributed by atoms with Crippen molar-refractivity contribution in [1.82, 2.24) is 10.2 Å². The van der Waals surface area contributed by atoms with Crippen LogP contribution < -0.4 is 23.8 Å². The van der Waals surface area contributed by atoms with Crippen molar-refractivity contribution in [3.8, 4) is 17.2 Å². The molecule has 0 unspecified atom stereocenters. The van der Waals surface area contributed by atoms with Gasteiger partial charge in [0.15, 0.2) is 11.5 Å². The number of amides is 2. The minimum atomic E-state index is -3.83. The van der Waals surface area contributed by atoms with Crippen LogP contribution in [0.25, 0.3) is 0 Å². The van der Waals surface area contributed by atoms with Crippen LogP contribution in [0, 0.1) is 0 Å². The van der Waals surface area contributed by atoms with Gasteiger partial charge in [0.1, 0.15) is 31.5 Å². The largest absolute Gasteiger partial charge is 0.497 e. The van der Waals surface area contributed by atoms with Crippen molar-refractivity contribution < 1.29 is 32.2 Å². The predicted octanol–water partition coefficient (Wildman–Crippen LogP) is 1.79. The van der Waals surface area contributed by atoms with Gasteiger partial charge in [-0.3, -0.25) is 13.9 Å². The maximum atomic E-state index is 13.6. The summed E-state index contributed by atoms with van der Waals surface area (Å²) in [5, 5.41) is 2.55. The summed E-state index contributed by atoms with van der Waals surface area (Å²) in [5.41, 5.74) is 1.01. The Morgan fingerprint density at radius 1 is 1.11 bits per heavy atom. The molecule has 1 heterocycles. The fraction of sp³-hybridized carbons (Fsp3) is 0.417. The number of carbonyl (C=O) groups is 2. The number of methoxy groups -OCH3 is 1. The normalized spacial score (nSPS) is 13.5. The molecule has 0 radical (unpaired) electrons. The summed E-state index contributed by atoms with van der Waals surface area (Å²) in [6.07, 6.45) is 0. The van der Waals surface area contributed by atoms with E-state index in [9.17, 15) is 18.0 Å². The highest BCUT2D eigenvalue weighted by molar-refractivity contribution is 7.92. The molecule has 1 N–H and O–H groups in total. The second kappa shape index (κ2) is 11.3. The number of rotatable bonds is 10. The van der Waals surface area contributed by atoms with Crippen molar-refractivity contribution in [1.29, 1.82) is 0 Å². The molecule has 2 amide bonds. The van der Waals surface area contributed by atoms with Gasteiger partial charge in [0, 0.05) is 19.7 Å². The molecular formula is C24H31N3O7S. The molecule has 190 valence electrons. The average Bonchev–Trinajstić information content (AvgIpc) is 2.89. The second-order valence-corrected chi connectivity index (χ2v) is 10.1. The second-order valence-electron chi connectivity index (χ2n) is 7.90. The molecule has 0 aliphatic carbocycles. The lowest BCUT2D eigenvalue weighted by molar-refractivity contribution is -0.139. The van der Waals surface area contributed by atoms with Crippen molar-refractivity contribution in [3.63, 3.8) is 0 Å². The quantitative estimate of drug-likeness (QED) is 0.524. The highest BCUT2D eigenvalue weighted by Gasteiger charge is 2.31. The van der Waals surface area contributed by atoms with E-state index in [1.165, 1.54) is 26.0 Å². The zero-order chi connectivity index (χ0) is 25.6. The van der Waals surface area contributed by atoms with Crippen molar-refractivity contribution in [2.45, 2.75) is 26.4 Å². The molecule has 1 aliphatic heterocycles. The molecule has 1 aliphatic rings. The Bertz CT molecular complexity index is 1170. The highest BCUT2D eigenvalue weighted by Crippen LogP contribution is 2.35. The Hall–Kier alpha value is -3.47. The molecule has 0 saturated heterocycles. The van der Waals surface area contributed by atoms with E-state index in [-0.39, 0.29) is 23.9 Å². The van der Waals surface area contributed by atoms with Crippen LogP contribution in [-0.4, -0.2) is 70.8 Å². The summed E-state index contributed by atoms with van der Waals surface area (Å²) in [6, 6.07) is 11.0. The number of fused-ring (bicyclic) bond motifs is 1. The lowest BCUT2D eigenvalue weighted by Crippen LogP contribution is -2.51. The fourth-order valence-corrected chi connectivity index (χ4v) is 4.72. The van der Waals surface area contributed by atoms with Crippen molar-refractivity contribution >= 4 is 27.5 Å². The van der Waals surface area contributed by atoms with Gasteiger partial charge < -0.3 is 24.4 Å². The Balaban J connectivity index is 1.95. The number of ether oxygens (including phenoxy) is 3. The number of sulfonamides is 1. The van der Waals surface area contributed by atoms with Crippen LogP contribution in [0.4, 0.5) is 5.69 Å². The van der Waals surface area contributed by atoms with Gasteiger partial charge in [-0.1, -0.05) is 12.1 Å². The average molecular weight is 506 g/mol. The molecular weight excluding hydrogens is 474 g/mol. The Labute approximate surface area is 205 Å². The summed E-state index contributed by atoms with van der Waals surface area (Å²) in [4.78, 5) is 27.4. The first-order valence-corrected chi connectivity index (χ1v) is 12.8. The molecule has 2 aromatic rings. The topological polar surface area (TPSA) is 114 Å². The maximum Gasteiger partial charge on any atom is 0.244 e. The molecule has 2 aromatic carbocycles. The highest BCUT2D eigenvalue weighted by atomic mass is 32.2. The standard InChI is InChI=1S/C24H31N3O7S/c1-5-35(30,31)27(19-9-10-21-22(14-19)34-12-11-33-21)16-23(28)26(17(2)24(29)25-3)15-18-7-6-8-20(13-18)32-4/h6-10,13-14,17H,5,11-12,15-16H2,1-4H3,(H,25,29)/t17-/m0/s1. The number of nitrogens with zero attached hydrogens (tertiary/aromatic N) is 2. The smallest absolute Gasteiger partial charge is 0.244 e. The van der Waals surface area contributed by atoms with Gasteiger partial charge in [0.2, 0.25) is 21.8 Å². The van der Waals surface area contributed by atoms with E-state index in [1.54, 1.807) is 49.4 Å². The predicted molar refractivity (Wildman–Crippen MR) is 131 cm³/mol. The SMILES string of the molecule is CCS(=O)(=O)N(CC(=O)N(Cc1cccc(OC)c1)[C@@H](C)C(=O)NC)c1ccc2c(c1)OCCO2. The van der Waals surface area contributed by atoms with Gasteiger partial charge >= 0.3 is 0 Å². The third-order valence-electron chi connectivity index (χ3n) is 5.69. The molecule has 10 nitrogen and oxygen atoms in total. The van der Waals surface area contributed by atoms with E-state index < -0.39 is 28.5 Å². The lowest BCUT2D eigenvalue weighted by Gasteiger charge is -2.32. The van der Waals surface area contributed by atoms with Gasteiger partial charge in [-0.25, -0.2) is 8.42 Å². The van der Waals surface area contributed by atoms with Crippen LogP contribution in [-0.2, 0) is 26.2 Å². The van der Waals surface area contributed by atoms with Crippen LogP contribution in [0.3, 0.4) is 0 Å². The van der Waals surface area contributed by atoms with Gasteiger partial charge in [-0.2, -0.15) is 0 Å². The minimum Gasteiger partial charge on any atom is -0.497 e. The van der Waals surface area contributed by atoms with Gasteiger partial charge in [0.05, 0.1) is 18.6 Å². The Kier molecular flexibility index (Phi) is 8.44. The Morgan fingerprint density at radius 3 is 2.49 bits per heavy atom. The van der Waals surface area contributed by atoms with Crippen LogP contribution in [0.1, 0.15) is 19.4 Å². The molecule has 1 atom stereocenters. The van der Waals surface area contributed by atoms with Crippen molar-refractivity contribution in [3.05, 3.63) is 48.0 Å². The zero-order valence-electron chi connectivity index (χ0n) is 20.3. The minimum absolute atomic E-state index is 0.0891. The molecule has 0 fully saturated rings. The molecule has 3 rings (SSSR count). The van der Waals surface area contributed by atoms with E-state index in [0.29, 0.717) is 30.5 Å². The zero-order valence-corrected chi connectivity index (χ0v) is 21.1. The third-order valence-corrected chi connectivity index (χ3v) is 7.44. The van der Waals surface area contributed by atoms with Crippen LogP contribution in [0.2, 0.25) is 0 Å². The van der Waals surface area contributed by atoms with E-state index in [1.807, 2.05) is 0 Å². The van der Waals surface area contributed by atoms with E-state index in [2.05, 4.69) is 5.32 Å². The first-order chi connectivity index (χ1) is 16.7. The van der Waals surface area contributed by atoms with E-state index in [4.69, 9.17) is 14.2 Å². The summed E-state index contributed by atoms with van der Waals surface area (Å²) >= 11 is 0. The van der Waals surface area contributed by atoms with Gasteiger partial charge in [-0.15, -0.1) is 0 Å². The Morgan fingerprint density at radius 2 is 1.83 bits per heavy atom. The van der Waals surface area contributed by atoms with Crippen LogP contribution in [0.15, 0.2) is 42.5 Å². The van der Waals surface area contributed by atoms with Crippen molar-refractivity contribution in [2.75, 3.05) is 44.0 Å². The molecule has 11 heteroatoms. The maximum absolute atomic E-state index is 13.6. The lowest BCUT2D eigenvalue weighted by atomic mass is 10.1. The third kappa shape index (κ3) is 6.16. The summed E-state index contributed by atoms with van der Waals surface area (Å²) < 4.78 is 43.4. The van der Waals surface area contributed by atoms with E-state index in [0.717, 1.165) is 9.87 Å². The number of benzene rings is 2. The fourth-order valence-electron chi connectivity index (χ4n) is 3.67. The van der Waals surface area contributed by atoms with Crippen LogP contribution in [0.5, 0.6) is 17.2 Å². The molecule has 0 bridgehead atoms. The molecule has 0 saturated carbocycles. The monoisotopic (exact) mass is 505 g/mol. The van der Waals surface area contributed by atoms with E-state index >= 15 is 0 Å². The summed E-state index contributed by atoms with van der Waals surface area (Å²) in [7, 11) is -0.815. The number of likely N-dealkylation sites (N-methyl/N-ethyl adjacent to an activating group) is 1. The number of hydrogen-bond acceptors (Lipinski definition) is 7. The summed E-state index contributed by atoms with van der Waals surface area (Å²) in [5.74, 6) is 0.406. The molecule has 35 heavy (non-hydrogen) atoms. The first kappa shape index (κ1) is 26.1. The van der Waals surface area contributed by atoms with Crippen molar-refractivity contribution in [2.24, 2.45) is 0 Å². The first-order valence-electron chi connectivity index (χ1n) is 11.2. The molecule has 0 spiro atoms. The number of anilines is 1. The number of carbonyl (C=O) groups excluding carboxylic acids is 2. The van der Waals surface area contributed by atoms with Crippen LogP contribution >= 0.6 is 0 Å². The van der Waals surface area contributed by atoms with Gasteiger partial charge in [0.25, 0.3) is 0 Å². The molecule has 0 aromatic heterocycles. The number of nitrogens with one attached hydrogen (secondary N) is 1.